The number of aromatic nitrogens is 2. The van der Waals surface area contributed by atoms with Crippen molar-refractivity contribution in [1.29, 1.82) is 0 Å². The van der Waals surface area contributed by atoms with Crippen molar-refractivity contribution in [3.8, 4) is 0 Å². The first-order chi connectivity index (χ1) is 6.84. The van der Waals surface area contributed by atoms with Crippen LogP contribution in [-0.4, -0.2) is 10.2 Å². The molecule has 70 valence electrons. The number of benzene rings is 1. The van der Waals surface area contributed by atoms with Crippen LogP contribution in [0.2, 0.25) is 0 Å². The van der Waals surface area contributed by atoms with Gasteiger partial charge in [0.25, 0.3) is 0 Å². The predicted octanol–water partition coefficient (Wildman–Crippen LogP) is 1.82. The molecule has 2 N–H and O–H groups in total. The van der Waals surface area contributed by atoms with E-state index in [2.05, 4.69) is 10.2 Å². The van der Waals surface area contributed by atoms with E-state index in [0.717, 1.165) is 5.56 Å². The van der Waals surface area contributed by atoms with Crippen molar-refractivity contribution in [2.24, 2.45) is 0 Å². The van der Waals surface area contributed by atoms with Gasteiger partial charge in [0.2, 0.25) is 5.89 Å². The highest BCUT2D eigenvalue weighted by atomic mass is 16.4. The molecule has 0 radical (unpaired) electrons. The van der Waals surface area contributed by atoms with Gasteiger partial charge >= 0.3 is 6.01 Å². The summed E-state index contributed by atoms with van der Waals surface area (Å²) in [6.45, 7) is 0. The molecule has 1 heterocycles. The minimum absolute atomic E-state index is 0.0812. The number of nitrogens with two attached hydrogens (primary N) is 1. The summed E-state index contributed by atoms with van der Waals surface area (Å²) in [4.78, 5) is 0. The van der Waals surface area contributed by atoms with Crippen LogP contribution in [0, 0.1) is 0 Å². The van der Waals surface area contributed by atoms with Crippen molar-refractivity contribution < 1.29 is 4.42 Å². The number of hydrogen-bond acceptors (Lipinski definition) is 4. The van der Waals surface area contributed by atoms with E-state index in [0.29, 0.717) is 5.89 Å². The Hall–Kier alpha value is -2.10. The largest absolute Gasteiger partial charge is 0.404 e. The van der Waals surface area contributed by atoms with Gasteiger partial charge in [0.1, 0.15) is 0 Å². The highest BCUT2D eigenvalue weighted by Gasteiger charge is 1.96. The lowest BCUT2D eigenvalue weighted by Crippen LogP contribution is -1.81. The van der Waals surface area contributed by atoms with Gasteiger partial charge in [0, 0.05) is 6.08 Å². The lowest BCUT2D eigenvalue weighted by molar-refractivity contribution is 0.563. The van der Waals surface area contributed by atoms with Gasteiger partial charge in [0.05, 0.1) is 0 Å². The third-order valence-electron chi connectivity index (χ3n) is 1.67. The number of nitrogen functional groups attached to an aromatic ring is 1. The molecule has 4 nitrogen and oxygen atoms in total. The quantitative estimate of drug-likeness (QED) is 0.778. The summed E-state index contributed by atoms with van der Waals surface area (Å²) in [6, 6.07) is 9.93. The highest BCUT2D eigenvalue weighted by Crippen LogP contribution is 2.07. The third-order valence-corrected chi connectivity index (χ3v) is 1.67. The van der Waals surface area contributed by atoms with Crippen LogP contribution in [0.1, 0.15) is 11.5 Å². The van der Waals surface area contributed by atoms with Crippen molar-refractivity contribution in [3.05, 3.63) is 41.8 Å². The Morgan fingerprint density at radius 3 is 2.50 bits per heavy atom. The predicted molar refractivity (Wildman–Crippen MR) is 54.1 cm³/mol. The minimum atomic E-state index is 0.0812. The lowest BCUT2D eigenvalue weighted by atomic mass is 10.2. The van der Waals surface area contributed by atoms with Crippen molar-refractivity contribution >= 4 is 18.2 Å². The zero-order valence-corrected chi connectivity index (χ0v) is 7.42. The van der Waals surface area contributed by atoms with Crippen molar-refractivity contribution in [2.75, 3.05) is 5.73 Å². The Morgan fingerprint density at radius 1 is 1.07 bits per heavy atom. The van der Waals surface area contributed by atoms with Gasteiger partial charge in [-0.1, -0.05) is 35.4 Å². The molecule has 0 atom stereocenters. The van der Waals surface area contributed by atoms with Crippen LogP contribution in [0.3, 0.4) is 0 Å². The molecule has 0 aliphatic heterocycles. The second-order valence-corrected chi connectivity index (χ2v) is 2.72. The topological polar surface area (TPSA) is 64.9 Å². The first kappa shape index (κ1) is 8.50. The van der Waals surface area contributed by atoms with Crippen LogP contribution in [0.15, 0.2) is 34.7 Å². The van der Waals surface area contributed by atoms with E-state index >= 15 is 0 Å². The normalized spacial score (nSPS) is 10.9. The average molecular weight is 187 g/mol. The van der Waals surface area contributed by atoms with Crippen LogP contribution >= 0.6 is 0 Å². The zero-order chi connectivity index (χ0) is 9.80. The Kier molecular flexibility index (Phi) is 2.27. The molecule has 2 aromatic rings. The van der Waals surface area contributed by atoms with Crippen molar-refractivity contribution in [2.45, 2.75) is 0 Å². The van der Waals surface area contributed by atoms with Gasteiger partial charge in [-0.3, -0.25) is 0 Å². The molecule has 0 spiro atoms. The molecule has 0 fully saturated rings. The van der Waals surface area contributed by atoms with Gasteiger partial charge < -0.3 is 10.2 Å². The van der Waals surface area contributed by atoms with Crippen LogP contribution in [0.4, 0.5) is 6.01 Å². The summed E-state index contributed by atoms with van der Waals surface area (Å²) in [5.41, 5.74) is 6.35. The Labute approximate surface area is 81.1 Å². The molecule has 0 bridgehead atoms. The molecular weight excluding hydrogens is 178 g/mol. The summed E-state index contributed by atoms with van der Waals surface area (Å²) in [6.07, 6.45) is 3.60. The van der Waals surface area contributed by atoms with Gasteiger partial charge in [-0.05, 0) is 11.6 Å². The molecule has 1 aromatic heterocycles. The molecule has 0 saturated carbocycles. The molecule has 0 aliphatic carbocycles. The zero-order valence-electron chi connectivity index (χ0n) is 7.42. The Bertz CT molecular complexity index is 434. The molecular formula is C10H9N3O. The maximum absolute atomic E-state index is 5.27. The highest BCUT2D eigenvalue weighted by molar-refractivity contribution is 5.65. The summed E-state index contributed by atoms with van der Waals surface area (Å²) in [5, 5.41) is 7.24. The number of rotatable bonds is 2. The first-order valence-electron chi connectivity index (χ1n) is 4.17. The van der Waals surface area contributed by atoms with Crippen molar-refractivity contribution in [3.63, 3.8) is 0 Å². The molecule has 14 heavy (non-hydrogen) atoms. The maximum atomic E-state index is 5.27. The Morgan fingerprint density at radius 2 is 1.86 bits per heavy atom. The van der Waals surface area contributed by atoms with E-state index in [4.69, 9.17) is 10.2 Å². The van der Waals surface area contributed by atoms with Gasteiger partial charge in [-0.2, -0.15) is 0 Å². The van der Waals surface area contributed by atoms with Crippen molar-refractivity contribution in [1.82, 2.24) is 10.2 Å². The van der Waals surface area contributed by atoms with E-state index in [-0.39, 0.29) is 6.01 Å². The number of hydrogen-bond donors (Lipinski definition) is 1. The molecule has 1 aromatic carbocycles. The van der Waals surface area contributed by atoms with Crippen LogP contribution in [-0.2, 0) is 0 Å². The third kappa shape index (κ3) is 1.98. The lowest BCUT2D eigenvalue weighted by Gasteiger charge is -1.88. The number of nitrogens with zero attached hydrogens (tertiary/aromatic N) is 2. The maximum Gasteiger partial charge on any atom is 0.313 e. The van der Waals surface area contributed by atoms with E-state index in [1.165, 1.54) is 0 Å². The van der Waals surface area contributed by atoms with E-state index in [1.54, 1.807) is 6.08 Å². The molecule has 0 aliphatic rings. The summed E-state index contributed by atoms with van der Waals surface area (Å²) in [7, 11) is 0. The van der Waals surface area contributed by atoms with Gasteiger partial charge in [-0.15, -0.1) is 5.10 Å². The summed E-state index contributed by atoms with van der Waals surface area (Å²) >= 11 is 0. The average Bonchev–Trinajstić information content (AvgIpc) is 2.63. The second-order valence-electron chi connectivity index (χ2n) is 2.72. The summed E-state index contributed by atoms with van der Waals surface area (Å²) in [5.74, 6) is 0.409. The number of anilines is 1. The van der Waals surface area contributed by atoms with E-state index < -0.39 is 0 Å². The van der Waals surface area contributed by atoms with Crippen LogP contribution in [0.5, 0.6) is 0 Å². The molecule has 0 amide bonds. The molecule has 4 heteroatoms. The second kappa shape index (κ2) is 3.74. The monoisotopic (exact) mass is 187 g/mol. The smallest absolute Gasteiger partial charge is 0.313 e. The minimum Gasteiger partial charge on any atom is -0.404 e. The van der Waals surface area contributed by atoms with Crippen LogP contribution in [0.25, 0.3) is 12.2 Å². The SMILES string of the molecule is Nc1nnc(/C=C/c2ccccc2)o1. The Balaban J connectivity index is 2.15. The van der Waals surface area contributed by atoms with Gasteiger partial charge in [0.15, 0.2) is 0 Å². The summed E-state index contributed by atoms with van der Waals surface area (Å²) < 4.78 is 4.97. The van der Waals surface area contributed by atoms with Gasteiger partial charge in [-0.25, -0.2) is 0 Å². The molecule has 0 unspecified atom stereocenters. The molecule has 0 saturated heterocycles. The standard InChI is InChI=1S/C10H9N3O/c11-10-13-12-9(14-10)7-6-8-4-2-1-3-5-8/h1-7H,(H2,11,13)/b7-6+. The fourth-order valence-corrected chi connectivity index (χ4v) is 1.05. The fourth-order valence-electron chi connectivity index (χ4n) is 1.05. The van der Waals surface area contributed by atoms with E-state index in [9.17, 15) is 0 Å². The van der Waals surface area contributed by atoms with E-state index in [1.807, 2.05) is 36.4 Å². The van der Waals surface area contributed by atoms with Crippen LogP contribution < -0.4 is 5.73 Å². The first-order valence-corrected chi connectivity index (χ1v) is 4.17. The molecule has 2 rings (SSSR count). The fraction of sp³-hybridized carbons (Fsp3) is 0.